The van der Waals surface area contributed by atoms with Crippen molar-refractivity contribution in [2.24, 2.45) is 5.92 Å². The van der Waals surface area contributed by atoms with Crippen molar-refractivity contribution in [3.63, 3.8) is 0 Å². The number of likely N-dealkylation sites (tertiary alicyclic amines) is 1. The van der Waals surface area contributed by atoms with E-state index in [0.717, 1.165) is 11.1 Å². The Kier molecular flexibility index (Phi) is 5.44. The van der Waals surface area contributed by atoms with E-state index in [9.17, 15) is 13.2 Å². The van der Waals surface area contributed by atoms with Gasteiger partial charge >= 0.3 is 0 Å². The minimum atomic E-state index is -3.31. The fraction of sp³-hybridized carbons (Fsp3) is 0.571. The zero-order valence-corrected chi connectivity index (χ0v) is 18.4. The lowest BCUT2D eigenvalue weighted by Crippen LogP contribution is -2.40. The van der Waals surface area contributed by atoms with E-state index < -0.39 is 15.4 Å². The quantitative estimate of drug-likeness (QED) is 0.745. The highest BCUT2D eigenvalue weighted by atomic mass is 32.2. The molecule has 3 atom stereocenters. The molecule has 1 N–H and O–H groups in total. The Morgan fingerprint density at radius 2 is 2.10 bits per heavy atom. The molecule has 1 aliphatic heterocycles. The SMILES string of the molecule is CCS(=O)(=O)N[C@@H]1C[C@H]2CN(C(=O)Cc3ccccc3C)C[C@@]2(c2nc(C)no2)C1. The summed E-state index contributed by atoms with van der Waals surface area (Å²) in [5, 5.41) is 3.95. The smallest absolute Gasteiger partial charge is 0.235 e. The second-order valence-corrected chi connectivity index (χ2v) is 10.6. The Bertz CT molecular complexity index is 1050. The van der Waals surface area contributed by atoms with Crippen molar-refractivity contribution in [2.45, 2.75) is 51.5 Å². The Balaban J connectivity index is 1.56. The number of carbonyl (C=O) groups excluding carboxylic acids is 1. The molecule has 0 unspecified atom stereocenters. The van der Waals surface area contributed by atoms with Crippen LogP contribution in [0.1, 0.15) is 42.6 Å². The fourth-order valence-electron chi connectivity index (χ4n) is 4.90. The molecule has 0 bridgehead atoms. The van der Waals surface area contributed by atoms with E-state index in [4.69, 9.17) is 4.52 Å². The molecular formula is C21H28N4O4S. The second-order valence-electron chi connectivity index (χ2n) is 8.54. The summed E-state index contributed by atoms with van der Waals surface area (Å²) in [5.74, 6) is 1.24. The molecule has 162 valence electrons. The van der Waals surface area contributed by atoms with Gasteiger partial charge in [0.1, 0.15) is 0 Å². The van der Waals surface area contributed by atoms with E-state index in [0.29, 0.717) is 44.1 Å². The highest BCUT2D eigenvalue weighted by Crippen LogP contribution is 2.50. The van der Waals surface area contributed by atoms with Gasteiger partial charge in [0.2, 0.25) is 21.8 Å². The van der Waals surface area contributed by atoms with Crippen LogP contribution in [0, 0.1) is 19.8 Å². The maximum absolute atomic E-state index is 13.1. The molecule has 1 aromatic heterocycles. The number of fused-ring (bicyclic) bond motifs is 1. The van der Waals surface area contributed by atoms with Crippen molar-refractivity contribution in [2.75, 3.05) is 18.8 Å². The fourth-order valence-corrected chi connectivity index (χ4v) is 5.76. The maximum Gasteiger partial charge on any atom is 0.235 e. The number of benzene rings is 1. The number of hydrogen-bond donors (Lipinski definition) is 1. The van der Waals surface area contributed by atoms with Crippen LogP contribution in [0.25, 0.3) is 0 Å². The van der Waals surface area contributed by atoms with Crippen molar-refractivity contribution in [3.8, 4) is 0 Å². The number of carbonyl (C=O) groups is 1. The van der Waals surface area contributed by atoms with E-state index in [-0.39, 0.29) is 23.6 Å². The average molecular weight is 433 g/mol. The van der Waals surface area contributed by atoms with Gasteiger partial charge in [-0.15, -0.1) is 0 Å². The lowest BCUT2D eigenvalue weighted by molar-refractivity contribution is -0.129. The largest absolute Gasteiger partial charge is 0.341 e. The first-order valence-electron chi connectivity index (χ1n) is 10.4. The monoisotopic (exact) mass is 432 g/mol. The van der Waals surface area contributed by atoms with E-state index in [1.54, 1.807) is 13.8 Å². The lowest BCUT2D eigenvalue weighted by Gasteiger charge is -2.25. The number of aromatic nitrogens is 2. The van der Waals surface area contributed by atoms with Crippen molar-refractivity contribution in [1.29, 1.82) is 0 Å². The Labute approximate surface area is 177 Å². The van der Waals surface area contributed by atoms with Gasteiger partial charge < -0.3 is 9.42 Å². The zero-order valence-electron chi connectivity index (χ0n) is 17.6. The van der Waals surface area contributed by atoms with Gasteiger partial charge in [-0.05, 0) is 50.7 Å². The first-order valence-corrected chi connectivity index (χ1v) is 12.0. The third-order valence-electron chi connectivity index (χ3n) is 6.51. The van der Waals surface area contributed by atoms with Crippen LogP contribution in [-0.4, -0.2) is 54.2 Å². The number of nitrogens with one attached hydrogen (secondary N) is 1. The van der Waals surface area contributed by atoms with Crippen LogP contribution in [-0.2, 0) is 26.7 Å². The number of hydrogen-bond acceptors (Lipinski definition) is 6. The Morgan fingerprint density at radius 3 is 2.77 bits per heavy atom. The molecule has 2 aromatic rings. The van der Waals surface area contributed by atoms with Crippen LogP contribution < -0.4 is 4.72 Å². The van der Waals surface area contributed by atoms with Gasteiger partial charge in [-0.25, -0.2) is 13.1 Å². The van der Waals surface area contributed by atoms with E-state index in [2.05, 4.69) is 14.9 Å². The van der Waals surface area contributed by atoms with Gasteiger partial charge in [0.05, 0.1) is 17.6 Å². The number of sulfonamides is 1. The number of nitrogens with zero attached hydrogens (tertiary/aromatic N) is 3. The van der Waals surface area contributed by atoms with E-state index in [1.165, 1.54) is 0 Å². The number of rotatable bonds is 6. The van der Waals surface area contributed by atoms with E-state index in [1.807, 2.05) is 36.1 Å². The van der Waals surface area contributed by atoms with Crippen molar-refractivity contribution in [1.82, 2.24) is 19.8 Å². The Morgan fingerprint density at radius 1 is 1.33 bits per heavy atom. The first kappa shape index (κ1) is 21.0. The summed E-state index contributed by atoms with van der Waals surface area (Å²) >= 11 is 0. The van der Waals surface area contributed by atoms with Crippen LogP contribution in [0.5, 0.6) is 0 Å². The summed E-state index contributed by atoms with van der Waals surface area (Å²) in [7, 11) is -3.31. The Hall–Kier alpha value is -2.26. The molecule has 30 heavy (non-hydrogen) atoms. The molecule has 0 spiro atoms. The standard InChI is InChI=1S/C21H28N4O4S/c1-4-30(27,28)24-18-10-17-12-25(19(26)9-16-8-6-5-7-14(16)2)13-21(17,11-18)20-22-15(3)23-29-20/h5-8,17-18,24H,4,9-13H2,1-3H3/t17-,18+,21-/m0/s1. The predicted molar refractivity (Wildman–Crippen MR) is 111 cm³/mol. The molecular weight excluding hydrogens is 404 g/mol. The highest BCUT2D eigenvalue weighted by Gasteiger charge is 2.58. The first-order chi connectivity index (χ1) is 14.2. The number of amides is 1. The van der Waals surface area contributed by atoms with Gasteiger partial charge in [-0.1, -0.05) is 29.4 Å². The summed E-state index contributed by atoms with van der Waals surface area (Å²) in [6.07, 6.45) is 1.55. The summed E-state index contributed by atoms with van der Waals surface area (Å²) in [6.45, 7) is 6.43. The molecule has 1 saturated heterocycles. The van der Waals surface area contributed by atoms with E-state index >= 15 is 0 Å². The van der Waals surface area contributed by atoms with Crippen molar-refractivity contribution < 1.29 is 17.7 Å². The number of aryl methyl sites for hydroxylation is 2. The second kappa shape index (κ2) is 7.77. The molecule has 1 saturated carbocycles. The molecule has 2 heterocycles. The minimum absolute atomic E-state index is 0.0435. The summed E-state index contributed by atoms with van der Waals surface area (Å²) in [4.78, 5) is 19.4. The van der Waals surface area contributed by atoms with Gasteiger partial charge in [-0.2, -0.15) is 4.98 Å². The third-order valence-corrected chi connectivity index (χ3v) is 7.96. The van der Waals surface area contributed by atoms with Gasteiger partial charge in [0.25, 0.3) is 0 Å². The predicted octanol–water partition coefficient (Wildman–Crippen LogP) is 1.73. The van der Waals surface area contributed by atoms with Crippen LogP contribution in [0.2, 0.25) is 0 Å². The molecule has 9 heteroatoms. The van der Waals surface area contributed by atoms with Crippen molar-refractivity contribution in [3.05, 3.63) is 47.1 Å². The maximum atomic E-state index is 13.1. The molecule has 4 rings (SSSR count). The minimum Gasteiger partial charge on any atom is -0.341 e. The molecule has 2 fully saturated rings. The topological polar surface area (TPSA) is 105 Å². The average Bonchev–Trinajstić information content (AvgIpc) is 3.36. The normalized spacial score (nSPS) is 26.2. The van der Waals surface area contributed by atoms with Gasteiger partial charge in [-0.3, -0.25) is 4.79 Å². The van der Waals surface area contributed by atoms with Crippen LogP contribution >= 0.6 is 0 Å². The summed E-state index contributed by atoms with van der Waals surface area (Å²) in [6, 6.07) is 7.71. The van der Waals surface area contributed by atoms with Crippen molar-refractivity contribution >= 4 is 15.9 Å². The highest BCUT2D eigenvalue weighted by molar-refractivity contribution is 7.89. The molecule has 8 nitrogen and oxygen atoms in total. The molecule has 1 aromatic carbocycles. The molecule has 1 aliphatic carbocycles. The molecule has 0 radical (unpaired) electrons. The zero-order chi connectivity index (χ0) is 21.5. The van der Waals surface area contributed by atoms with Gasteiger partial charge in [0.15, 0.2) is 5.82 Å². The van der Waals surface area contributed by atoms with Crippen LogP contribution in [0.15, 0.2) is 28.8 Å². The third kappa shape index (κ3) is 3.88. The lowest BCUT2D eigenvalue weighted by atomic mass is 9.80. The molecule has 1 amide bonds. The van der Waals surface area contributed by atoms with Gasteiger partial charge in [0, 0.05) is 19.1 Å². The van der Waals surface area contributed by atoms with Crippen LogP contribution in [0.4, 0.5) is 0 Å². The summed E-state index contributed by atoms with van der Waals surface area (Å²) < 4.78 is 32.6. The van der Waals surface area contributed by atoms with Crippen LogP contribution in [0.3, 0.4) is 0 Å². The molecule has 2 aliphatic rings. The summed E-state index contributed by atoms with van der Waals surface area (Å²) in [5.41, 5.74) is 1.61.